The fraction of sp³-hybridized carbons (Fsp3) is 0.609. The summed E-state index contributed by atoms with van der Waals surface area (Å²) in [5, 5.41) is 4.36. The van der Waals surface area contributed by atoms with Crippen molar-refractivity contribution in [2.24, 2.45) is 17.8 Å². The molecule has 2 bridgehead atoms. The van der Waals surface area contributed by atoms with Crippen molar-refractivity contribution in [2.45, 2.75) is 71.8 Å². The molecule has 2 aliphatic carbocycles. The van der Waals surface area contributed by atoms with E-state index in [-0.39, 0.29) is 11.9 Å². The Hall–Kier alpha value is -1.77. The molecule has 1 heterocycles. The third kappa shape index (κ3) is 3.17. The van der Waals surface area contributed by atoms with Crippen molar-refractivity contribution in [3.63, 3.8) is 0 Å². The molecular formula is C23H31NO2. The highest BCUT2D eigenvalue weighted by Crippen LogP contribution is 2.49. The zero-order chi connectivity index (χ0) is 18.4. The molecule has 1 aromatic heterocycles. The molecule has 0 radical (unpaired) electrons. The molecule has 3 heteroatoms. The Balaban J connectivity index is 1.46. The number of rotatable bonds is 5. The first kappa shape index (κ1) is 17.6. The number of hydrogen-bond acceptors (Lipinski definition) is 2. The first-order chi connectivity index (χ1) is 12.4. The number of benzene rings is 1. The van der Waals surface area contributed by atoms with Gasteiger partial charge >= 0.3 is 0 Å². The second-order valence-corrected chi connectivity index (χ2v) is 8.99. The van der Waals surface area contributed by atoms with Gasteiger partial charge in [0.05, 0.1) is 12.7 Å². The van der Waals surface area contributed by atoms with Gasteiger partial charge in [-0.1, -0.05) is 20.3 Å². The average Bonchev–Trinajstić information content (AvgIpc) is 3.29. The van der Waals surface area contributed by atoms with E-state index >= 15 is 0 Å². The Labute approximate surface area is 156 Å². The lowest BCUT2D eigenvalue weighted by Gasteiger charge is -2.28. The number of furan rings is 1. The zero-order valence-electron chi connectivity index (χ0n) is 16.5. The van der Waals surface area contributed by atoms with Gasteiger partial charge in [-0.2, -0.15) is 0 Å². The van der Waals surface area contributed by atoms with Crippen molar-refractivity contribution in [3.8, 4) is 0 Å². The van der Waals surface area contributed by atoms with E-state index < -0.39 is 0 Å². The van der Waals surface area contributed by atoms with Crippen molar-refractivity contribution in [2.75, 3.05) is 0 Å². The van der Waals surface area contributed by atoms with E-state index in [1.165, 1.54) is 36.8 Å². The average molecular weight is 354 g/mol. The highest BCUT2D eigenvalue weighted by Gasteiger charge is 2.42. The van der Waals surface area contributed by atoms with Crippen LogP contribution < -0.4 is 5.32 Å². The number of carbonyl (C=O) groups is 1. The van der Waals surface area contributed by atoms with Crippen LogP contribution in [0.1, 0.15) is 69.1 Å². The molecule has 1 amide bonds. The summed E-state index contributed by atoms with van der Waals surface area (Å²) in [6.07, 6.45) is 7.61. The topological polar surface area (TPSA) is 42.2 Å². The number of carbonyl (C=O) groups excluding carboxylic acids is 1. The van der Waals surface area contributed by atoms with Crippen LogP contribution in [0.4, 0.5) is 0 Å². The zero-order valence-corrected chi connectivity index (χ0v) is 16.5. The standard InChI is InChI=1S/C23H31NO2/c1-13(2)19-11-21-18(12-26-22(21)7-14(19)3)10-23(25)24-15(4)20-9-16-5-6-17(20)8-16/h7,11-13,15-17,20H,5-6,8-10H2,1-4H3,(H,24,25)/t15-,16+,17+,20+/m0/s1. The molecule has 3 nitrogen and oxygen atoms in total. The molecule has 140 valence electrons. The first-order valence-electron chi connectivity index (χ1n) is 10.2. The van der Waals surface area contributed by atoms with Gasteiger partial charge in [-0.15, -0.1) is 0 Å². The Morgan fingerprint density at radius 2 is 2.04 bits per heavy atom. The summed E-state index contributed by atoms with van der Waals surface area (Å²) in [5.74, 6) is 3.01. The van der Waals surface area contributed by atoms with Crippen molar-refractivity contribution in [1.82, 2.24) is 5.32 Å². The van der Waals surface area contributed by atoms with Crippen LogP contribution in [0.15, 0.2) is 22.8 Å². The van der Waals surface area contributed by atoms with E-state index in [0.29, 0.717) is 18.3 Å². The Morgan fingerprint density at radius 1 is 1.23 bits per heavy atom. The van der Waals surface area contributed by atoms with Gasteiger partial charge < -0.3 is 9.73 Å². The van der Waals surface area contributed by atoms with Crippen molar-refractivity contribution in [3.05, 3.63) is 35.1 Å². The van der Waals surface area contributed by atoms with Gasteiger partial charge in [-0.25, -0.2) is 0 Å². The number of amides is 1. The molecule has 0 saturated heterocycles. The van der Waals surface area contributed by atoms with Crippen LogP contribution in [-0.2, 0) is 11.2 Å². The third-order valence-corrected chi connectivity index (χ3v) is 6.84. The van der Waals surface area contributed by atoms with E-state index in [1.807, 2.05) is 0 Å². The number of aryl methyl sites for hydroxylation is 1. The highest BCUT2D eigenvalue weighted by atomic mass is 16.3. The van der Waals surface area contributed by atoms with Crippen LogP contribution in [0.5, 0.6) is 0 Å². The summed E-state index contributed by atoms with van der Waals surface area (Å²) in [6, 6.07) is 4.59. The summed E-state index contributed by atoms with van der Waals surface area (Å²) in [7, 11) is 0. The van der Waals surface area contributed by atoms with E-state index in [4.69, 9.17) is 4.42 Å². The Morgan fingerprint density at radius 3 is 2.69 bits per heavy atom. The quantitative estimate of drug-likeness (QED) is 0.787. The summed E-state index contributed by atoms with van der Waals surface area (Å²) in [6.45, 7) is 8.73. The minimum atomic E-state index is 0.120. The summed E-state index contributed by atoms with van der Waals surface area (Å²) in [5.41, 5.74) is 4.47. The van der Waals surface area contributed by atoms with Gasteiger partial charge in [0.1, 0.15) is 5.58 Å². The van der Waals surface area contributed by atoms with Crippen molar-refractivity contribution in [1.29, 1.82) is 0 Å². The van der Waals surface area contributed by atoms with Gasteiger partial charge in [-0.05, 0) is 80.0 Å². The lowest BCUT2D eigenvalue weighted by Crippen LogP contribution is -2.40. The van der Waals surface area contributed by atoms with E-state index in [0.717, 1.165) is 28.4 Å². The summed E-state index contributed by atoms with van der Waals surface area (Å²) < 4.78 is 5.73. The largest absolute Gasteiger partial charge is 0.464 e. The Kier molecular flexibility index (Phi) is 4.58. The molecule has 2 saturated carbocycles. The fourth-order valence-electron chi connectivity index (χ4n) is 5.49. The number of hydrogen-bond donors (Lipinski definition) is 1. The molecule has 1 aromatic carbocycles. The smallest absolute Gasteiger partial charge is 0.224 e. The maximum atomic E-state index is 12.7. The monoisotopic (exact) mass is 353 g/mol. The Bertz CT molecular complexity index is 819. The van der Waals surface area contributed by atoms with Crippen molar-refractivity contribution < 1.29 is 9.21 Å². The molecule has 0 unspecified atom stereocenters. The second kappa shape index (κ2) is 6.75. The van der Waals surface area contributed by atoms with Crippen LogP contribution in [0.3, 0.4) is 0 Å². The molecule has 2 aromatic rings. The maximum absolute atomic E-state index is 12.7. The maximum Gasteiger partial charge on any atom is 0.224 e. The highest BCUT2D eigenvalue weighted by molar-refractivity contribution is 5.88. The predicted molar refractivity (Wildman–Crippen MR) is 105 cm³/mol. The molecule has 0 spiro atoms. The first-order valence-corrected chi connectivity index (χ1v) is 10.2. The van der Waals surface area contributed by atoms with Gasteiger partial charge in [-0.3, -0.25) is 4.79 Å². The van der Waals surface area contributed by atoms with Crippen molar-refractivity contribution >= 4 is 16.9 Å². The lowest BCUT2D eigenvalue weighted by molar-refractivity contribution is -0.121. The molecule has 4 rings (SSSR count). The van der Waals surface area contributed by atoms with Gasteiger partial charge in [0.2, 0.25) is 5.91 Å². The molecule has 2 aliphatic rings. The van der Waals surface area contributed by atoms with E-state index in [1.54, 1.807) is 6.26 Å². The SMILES string of the molecule is Cc1cc2occ(CC(=O)N[C@@H](C)[C@H]3C[C@@H]4CC[C@@H]3C4)c2cc1C(C)C. The van der Waals surface area contributed by atoms with Gasteiger partial charge in [0.25, 0.3) is 0 Å². The third-order valence-electron chi connectivity index (χ3n) is 6.84. The van der Waals surface area contributed by atoms with Gasteiger partial charge in [0, 0.05) is 17.0 Å². The predicted octanol–water partition coefficient (Wildman–Crippen LogP) is 5.35. The second-order valence-electron chi connectivity index (χ2n) is 8.99. The number of fused-ring (bicyclic) bond motifs is 3. The summed E-state index contributed by atoms with van der Waals surface area (Å²) in [4.78, 5) is 12.7. The minimum Gasteiger partial charge on any atom is -0.464 e. The molecular weight excluding hydrogens is 322 g/mol. The molecule has 26 heavy (non-hydrogen) atoms. The molecule has 2 fully saturated rings. The number of nitrogens with one attached hydrogen (secondary N) is 1. The molecule has 1 N–H and O–H groups in total. The van der Waals surface area contributed by atoms with Crippen LogP contribution in [0.2, 0.25) is 0 Å². The minimum absolute atomic E-state index is 0.120. The molecule has 4 atom stereocenters. The van der Waals surface area contributed by atoms with Crippen LogP contribution in [-0.4, -0.2) is 11.9 Å². The summed E-state index contributed by atoms with van der Waals surface area (Å²) >= 11 is 0. The van der Waals surface area contributed by atoms with E-state index in [2.05, 4.69) is 45.1 Å². The van der Waals surface area contributed by atoms with Gasteiger partial charge in [0.15, 0.2) is 0 Å². The van der Waals surface area contributed by atoms with Crippen LogP contribution in [0, 0.1) is 24.7 Å². The lowest BCUT2D eigenvalue weighted by atomic mass is 9.84. The normalized spacial score (nSPS) is 26.0. The van der Waals surface area contributed by atoms with Crippen LogP contribution in [0.25, 0.3) is 11.0 Å². The fourth-order valence-corrected chi connectivity index (χ4v) is 5.49. The molecule has 0 aliphatic heterocycles. The van der Waals surface area contributed by atoms with Crippen LogP contribution >= 0.6 is 0 Å². The van der Waals surface area contributed by atoms with E-state index in [9.17, 15) is 4.79 Å².